The summed E-state index contributed by atoms with van der Waals surface area (Å²) in [5, 5.41) is 5.81. The summed E-state index contributed by atoms with van der Waals surface area (Å²) in [7, 11) is 0. The van der Waals surface area contributed by atoms with Gasteiger partial charge in [0.2, 0.25) is 0 Å². The average molecular weight is 314 g/mol. The molecule has 0 bridgehead atoms. The molecule has 2 aromatic rings. The van der Waals surface area contributed by atoms with Crippen LogP contribution < -0.4 is 5.32 Å². The highest BCUT2D eigenvalue weighted by atomic mass is 35.5. The molecule has 0 radical (unpaired) electrons. The highest BCUT2D eigenvalue weighted by Gasteiger charge is 2.16. The van der Waals surface area contributed by atoms with E-state index < -0.39 is 0 Å². The first kappa shape index (κ1) is 15.0. The lowest BCUT2D eigenvalue weighted by Gasteiger charge is -2.16. The van der Waals surface area contributed by atoms with Crippen LogP contribution in [0.1, 0.15) is 48.4 Å². The Morgan fingerprint density at radius 2 is 2.05 bits per heavy atom. The summed E-state index contributed by atoms with van der Waals surface area (Å²) in [5.74, 6) is 0. The van der Waals surface area contributed by atoms with Gasteiger partial charge in [-0.15, -0.1) is 22.7 Å². The lowest BCUT2D eigenvalue weighted by Crippen LogP contribution is -2.21. The van der Waals surface area contributed by atoms with Gasteiger partial charge in [0.25, 0.3) is 0 Å². The molecule has 0 fully saturated rings. The fourth-order valence-electron chi connectivity index (χ4n) is 2.08. The summed E-state index contributed by atoms with van der Waals surface area (Å²) in [6.07, 6.45) is 5.17. The number of thiophene rings is 2. The lowest BCUT2D eigenvalue weighted by molar-refractivity contribution is 0.564. The van der Waals surface area contributed by atoms with E-state index in [-0.39, 0.29) is 0 Å². The van der Waals surface area contributed by atoms with E-state index in [4.69, 9.17) is 11.6 Å². The Balaban J connectivity index is 1.96. The van der Waals surface area contributed by atoms with Crippen LogP contribution in [0, 0.1) is 0 Å². The maximum absolute atomic E-state index is 6.06. The standard InChI is InChI=1S/C15H20ClNS2/c1-2-3-4-5-10-17-15(12-7-6-11-18-12)13-8-9-14(16)19-13/h6-9,11,15,17H,2-5,10H2,1H3. The number of rotatable bonds is 8. The van der Waals surface area contributed by atoms with Gasteiger partial charge in [0.15, 0.2) is 0 Å². The number of halogens is 1. The summed E-state index contributed by atoms with van der Waals surface area (Å²) in [6.45, 7) is 3.31. The summed E-state index contributed by atoms with van der Waals surface area (Å²) in [5.41, 5.74) is 0. The second-order valence-corrected chi connectivity index (χ2v) is 7.33. The van der Waals surface area contributed by atoms with Crippen molar-refractivity contribution in [2.75, 3.05) is 6.54 Å². The first-order chi connectivity index (χ1) is 9.31. The van der Waals surface area contributed by atoms with E-state index >= 15 is 0 Å². The van der Waals surface area contributed by atoms with Crippen molar-refractivity contribution in [2.24, 2.45) is 0 Å². The van der Waals surface area contributed by atoms with E-state index in [1.165, 1.54) is 35.4 Å². The Bertz CT molecular complexity index is 464. The first-order valence-corrected chi connectivity index (χ1v) is 8.90. The van der Waals surface area contributed by atoms with E-state index in [1.54, 1.807) is 22.7 Å². The van der Waals surface area contributed by atoms with Gasteiger partial charge in [-0.1, -0.05) is 43.9 Å². The van der Waals surface area contributed by atoms with E-state index in [1.807, 2.05) is 6.07 Å². The van der Waals surface area contributed by atoms with Crippen molar-refractivity contribution < 1.29 is 0 Å². The molecule has 2 heterocycles. The molecule has 1 nitrogen and oxygen atoms in total. The second-order valence-electron chi connectivity index (χ2n) is 4.61. The van der Waals surface area contributed by atoms with Crippen molar-refractivity contribution in [1.29, 1.82) is 0 Å². The van der Waals surface area contributed by atoms with Gasteiger partial charge in [0.1, 0.15) is 0 Å². The van der Waals surface area contributed by atoms with Crippen molar-refractivity contribution in [3.8, 4) is 0 Å². The number of nitrogens with one attached hydrogen (secondary N) is 1. The molecule has 1 N–H and O–H groups in total. The predicted octanol–water partition coefficient (Wildman–Crippen LogP) is 5.72. The third-order valence-electron chi connectivity index (χ3n) is 3.08. The molecular weight excluding hydrogens is 294 g/mol. The molecule has 1 atom stereocenters. The van der Waals surface area contributed by atoms with Crippen LogP contribution >= 0.6 is 34.3 Å². The second kappa shape index (κ2) is 8.05. The Morgan fingerprint density at radius 3 is 2.68 bits per heavy atom. The maximum Gasteiger partial charge on any atom is 0.0931 e. The minimum atomic E-state index is 0.305. The van der Waals surface area contributed by atoms with Gasteiger partial charge >= 0.3 is 0 Å². The highest BCUT2D eigenvalue weighted by Crippen LogP contribution is 2.33. The van der Waals surface area contributed by atoms with Crippen LogP contribution in [-0.4, -0.2) is 6.54 Å². The van der Waals surface area contributed by atoms with Crippen LogP contribution in [0.25, 0.3) is 0 Å². The third kappa shape index (κ3) is 4.60. The zero-order valence-corrected chi connectivity index (χ0v) is 13.6. The molecule has 2 aromatic heterocycles. The smallest absolute Gasteiger partial charge is 0.0931 e. The Morgan fingerprint density at radius 1 is 1.16 bits per heavy atom. The van der Waals surface area contributed by atoms with Gasteiger partial charge in [-0.2, -0.15) is 0 Å². The molecule has 0 aromatic carbocycles. The van der Waals surface area contributed by atoms with E-state index in [0.717, 1.165) is 10.9 Å². The van der Waals surface area contributed by atoms with Crippen molar-refractivity contribution in [1.82, 2.24) is 5.32 Å². The summed E-state index contributed by atoms with van der Waals surface area (Å²) in [6, 6.07) is 8.74. The Kier molecular flexibility index (Phi) is 6.38. The third-order valence-corrected chi connectivity index (χ3v) is 5.32. The van der Waals surface area contributed by atoms with Gasteiger partial charge in [-0.05, 0) is 36.5 Å². The molecule has 104 valence electrons. The van der Waals surface area contributed by atoms with Gasteiger partial charge in [0.05, 0.1) is 10.4 Å². The summed E-state index contributed by atoms with van der Waals surface area (Å²) in [4.78, 5) is 2.68. The number of unbranched alkanes of at least 4 members (excludes halogenated alkanes) is 3. The molecule has 1 unspecified atom stereocenters. The first-order valence-electron chi connectivity index (χ1n) is 6.83. The fraction of sp³-hybridized carbons (Fsp3) is 0.467. The van der Waals surface area contributed by atoms with Crippen LogP contribution in [0.15, 0.2) is 29.6 Å². The highest BCUT2D eigenvalue weighted by molar-refractivity contribution is 7.16. The van der Waals surface area contributed by atoms with Crippen LogP contribution in [-0.2, 0) is 0 Å². The Hall–Kier alpha value is -0.350. The minimum Gasteiger partial charge on any atom is -0.305 e. The van der Waals surface area contributed by atoms with Crippen LogP contribution in [0.4, 0.5) is 0 Å². The summed E-state index contributed by atoms with van der Waals surface area (Å²) >= 11 is 9.54. The molecule has 0 saturated carbocycles. The van der Waals surface area contributed by atoms with Gasteiger partial charge < -0.3 is 5.32 Å². The molecule has 19 heavy (non-hydrogen) atoms. The normalized spacial score (nSPS) is 12.7. The summed E-state index contributed by atoms with van der Waals surface area (Å²) < 4.78 is 0.865. The van der Waals surface area contributed by atoms with Gasteiger partial charge in [0, 0.05) is 9.75 Å². The van der Waals surface area contributed by atoms with E-state index in [2.05, 4.69) is 35.8 Å². The van der Waals surface area contributed by atoms with Crippen LogP contribution in [0.5, 0.6) is 0 Å². The zero-order valence-electron chi connectivity index (χ0n) is 11.2. The molecule has 4 heteroatoms. The predicted molar refractivity (Wildman–Crippen MR) is 87.6 cm³/mol. The molecule has 0 aliphatic rings. The Labute approximate surface area is 128 Å². The van der Waals surface area contributed by atoms with E-state index in [0.29, 0.717) is 6.04 Å². The monoisotopic (exact) mass is 313 g/mol. The molecule has 2 rings (SSSR count). The van der Waals surface area contributed by atoms with Crippen molar-refractivity contribution in [3.63, 3.8) is 0 Å². The largest absolute Gasteiger partial charge is 0.305 e. The lowest BCUT2D eigenvalue weighted by atomic mass is 10.1. The van der Waals surface area contributed by atoms with Crippen molar-refractivity contribution >= 4 is 34.3 Å². The quantitative estimate of drug-likeness (QED) is 0.614. The van der Waals surface area contributed by atoms with Crippen molar-refractivity contribution in [2.45, 2.75) is 38.6 Å². The van der Waals surface area contributed by atoms with Crippen molar-refractivity contribution in [3.05, 3.63) is 43.7 Å². The number of hydrogen-bond donors (Lipinski definition) is 1. The van der Waals surface area contributed by atoms with Crippen LogP contribution in [0.2, 0.25) is 4.34 Å². The number of hydrogen-bond acceptors (Lipinski definition) is 3. The zero-order chi connectivity index (χ0) is 13.5. The van der Waals surface area contributed by atoms with E-state index in [9.17, 15) is 0 Å². The molecule has 0 aliphatic carbocycles. The topological polar surface area (TPSA) is 12.0 Å². The molecular formula is C15H20ClNS2. The van der Waals surface area contributed by atoms with Gasteiger partial charge in [-0.3, -0.25) is 0 Å². The average Bonchev–Trinajstić information content (AvgIpc) is 3.05. The maximum atomic E-state index is 6.06. The molecule has 0 aliphatic heterocycles. The molecule has 0 spiro atoms. The minimum absolute atomic E-state index is 0.305. The fourth-order valence-corrected chi connectivity index (χ4v) is 4.13. The van der Waals surface area contributed by atoms with Gasteiger partial charge in [-0.25, -0.2) is 0 Å². The van der Waals surface area contributed by atoms with Crippen LogP contribution in [0.3, 0.4) is 0 Å². The SMILES string of the molecule is CCCCCCNC(c1cccs1)c1ccc(Cl)s1. The molecule has 0 saturated heterocycles. The molecule has 0 amide bonds.